The predicted octanol–water partition coefficient (Wildman–Crippen LogP) is -1.92. The highest BCUT2D eigenvalue weighted by Crippen LogP contribution is 1.96. The number of carbonyl (C=O) groups is 2. The van der Waals surface area contributed by atoms with Crippen LogP contribution in [0.4, 0.5) is 0 Å². The lowest BCUT2D eigenvalue weighted by molar-refractivity contribution is -0.127. The summed E-state index contributed by atoms with van der Waals surface area (Å²) in [4.78, 5) is 22.1. The zero-order valence-electron chi connectivity index (χ0n) is 14.8. The van der Waals surface area contributed by atoms with E-state index in [1.54, 1.807) is 34.4 Å². The Bertz CT molecular complexity index is 646. The third kappa shape index (κ3) is 8.27. The van der Waals surface area contributed by atoms with Gasteiger partial charge in [-0.15, -0.1) is 15.3 Å². The van der Waals surface area contributed by atoms with Crippen LogP contribution in [0.1, 0.15) is 6.42 Å². The molecule has 2 aliphatic rings. The maximum Gasteiger partial charge on any atom is 0.267 e. The van der Waals surface area contributed by atoms with Crippen molar-refractivity contribution in [2.24, 2.45) is 29.5 Å². The van der Waals surface area contributed by atoms with E-state index in [0.717, 1.165) is 0 Å². The van der Waals surface area contributed by atoms with Crippen LogP contribution in [0.15, 0.2) is 28.1 Å². The highest BCUT2D eigenvalue weighted by molar-refractivity contribution is 5.93. The van der Waals surface area contributed by atoms with Crippen LogP contribution in [0.2, 0.25) is 0 Å². The summed E-state index contributed by atoms with van der Waals surface area (Å²) in [7, 11) is 6.71. The quantitative estimate of drug-likeness (QED) is 0.521. The second kappa shape index (κ2) is 11.0. The van der Waals surface area contributed by atoms with Gasteiger partial charge in [-0.05, 0) is 15.6 Å². The number of carbonyl (C=O) groups excluding carboxylic acids is 2. The van der Waals surface area contributed by atoms with E-state index in [9.17, 15) is 9.59 Å². The molecule has 0 unspecified atom stereocenters. The van der Waals surface area contributed by atoms with Gasteiger partial charge in [0.15, 0.2) is 6.33 Å². The number of aryl methyl sites for hydroxylation is 2. The average molecular weight is 365 g/mol. The third-order valence-electron chi connectivity index (χ3n) is 2.55. The maximum atomic E-state index is 10.4. The van der Waals surface area contributed by atoms with Gasteiger partial charge in [0.1, 0.15) is 12.9 Å². The fourth-order valence-corrected chi connectivity index (χ4v) is 1.20. The molecule has 4 rings (SSSR count). The number of aromatic nitrogens is 8. The van der Waals surface area contributed by atoms with Crippen LogP contribution in [0.5, 0.6) is 0 Å². The molecule has 0 atom stereocenters. The van der Waals surface area contributed by atoms with Crippen LogP contribution >= 0.6 is 0 Å². The molecular formula is C11H19N13O2. The molecule has 0 spiro atoms. The van der Waals surface area contributed by atoms with E-state index in [4.69, 9.17) is 0 Å². The molecule has 2 aromatic heterocycles. The van der Waals surface area contributed by atoms with Crippen LogP contribution in [0, 0.1) is 0 Å². The molecule has 15 nitrogen and oxygen atoms in total. The fourth-order valence-electron chi connectivity index (χ4n) is 1.20. The molecule has 0 aliphatic carbocycles. The van der Waals surface area contributed by atoms with Gasteiger partial charge in [0, 0.05) is 27.4 Å². The minimum atomic E-state index is -0.0417. The minimum absolute atomic E-state index is 0.0417. The third-order valence-corrected chi connectivity index (χ3v) is 2.55. The molecule has 0 saturated carbocycles. The van der Waals surface area contributed by atoms with Crippen LogP contribution in [-0.4, -0.2) is 89.1 Å². The van der Waals surface area contributed by atoms with Crippen molar-refractivity contribution in [3.05, 3.63) is 12.7 Å². The Kier molecular flexibility index (Phi) is 8.63. The number of amides is 2. The molecule has 0 saturated heterocycles. The zero-order valence-corrected chi connectivity index (χ0v) is 14.8. The van der Waals surface area contributed by atoms with E-state index in [1.807, 2.05) is 0 Å². The highest BCUT2D eigenvalue weighted by atomic mass is 16.2. The van der Waals surface area contributed by atoms with Gasteiger partial charge in [0.2, 0.25) is 5.91 Å². The highest BCUT2D eigenvalue weighted by Gasteiger charge is 2.11. The Labute approximate surface area is 148 Å². The summed E-state index contributed by atoms with van der Waals surface area (Å²) in [5.74, 6) is 0.0278. The molecule has 15 heteroatoms. The number of tetrazole rings is 2. The average Bonchev–Trinajstić information content (AvgIpc) is 3.39. The number of nitrogens with zero attached hydrogens (tertiary/aromatic N) is 13. The van der Waals surface area contributed by atoms with E-state index >= 15 is 0 Å². The first kappa shape index (κ1) is 20.4. The smallest absolute Gasteiger partial charge is 0.267 e. The minimum Gasteiger partial charge on any atom is -0.273 e. The van der Waals surface area contributed by atoms with Crippen LogP contribution < -0.4 is 0 Å². The van der Waals surface area contributed by atoms with E-state index in [0.29, 0.717) is 6.42 Å². The lowest BCUT2D eigenvalue weighted by Gasteiger charge is -1.98. The molecule has 2 amide bonds. The molecule has 0 radical (unpaired) electrons. The van der Waals surface area contributed by atoms with Crippen molar-refractivity contribution in [3.8, 4) is 0 Å². The molecule has 0 N–H and O–H groups in total. The topological polar surface area (TPSA) is 165 Å². The van der Waals surface area contributed by atoms with Crippen molar-refractivity contribution in [2.45, 2.75) is 6.42 Å². The second-order valence-electron chi connectivity index (χ2n) is 4.63. The normalized spacial score (nSPS) is 14.3. The van der Waals surface area contributed by atoms with Crippen molar-refractivity contribution >= 4 is 18.0 Å². The summed E-state index contributed by atoms with van der Waals surface area (Å²) in [6, 6.07) is 0. The number of hydrogen-bond acceptors (Lipinski definition) is 11. The maximum absolute atomic E-state index is 10.4. The Balaban J connectivity index is 0.000000174. The monoisotopic (exact) mass is 365 g/mol. The van der Waals surface area contributed by atoms with Gasteiger partial charge < -0.3 is 0 Å². The van der Waals surface area contributed by atoms with Crippen molar-refractivity contribution in [1.82, 2.24) is 50.4 Å². The SMILES string of the molecule is CN1N=CCC1=O.CN1N=NCC1=O.Cn1cnnn1.Cn1ncnn1. The Morgan fingerprint density at radius 1 is 0.962 bits per heavy atom. The van der Waals surface area contributed by atoms with Gasteiger partial charge in [-0.1, -0.05) is 5.22 Å². The molecule has 26 heavy (non-hydrogen) atoms. The zero-order chi connectivity index (χ0) is 19.4. The van der Waals surface area contributed by atoms with Crippen molar-refractivity contribution in [3.63, 3.8) is 0 Å². The summed E-state index contributed by atoms with van der Waals surface area (Å²) in [5, 5.41) is 33.8. The van der Waals surface area contributed by atoms with E-state index in [2.05, 4.69) is 46.4 Å². The van der Waals surface area contributed by atoms with Crippen molar-refractivity contribution < 1.29 is 9.59 Å². The second-order valence-corrected chi connectivity index (χ2v) is 4.63. The summed E-state index contributed by atoms with van der Waals surface area (Å²) in [6.07, 6.45) is 4.98. The summed E-state index contributed by atoms with van der Waals surface area (Å²) >= 11 is 0. The van der Waals surface area contributed by atoms with Gasteiger partial charge in [-0.3, -0.25) is 9.59 Å². The molecule has 0 aromatic carbocycles. The summed E-state index contributed by atoms with van der Waals surface area (Å²) in [6.45, 7) is 0.219. The van der Waals surface area contributed by atoms with Crippen molar-refractivity contribution in [1.29, 1.82) is 0 Å². The largest absolute Gasteiger partial charge is 0.273 e. The van der Waals surface area contributed by atoms with E-state index < -0.39 is 0 Å². The van der Waals surface area contributed by atoms with Gasteiger partial charge in [0.05, 0.1) is 13.5 Å². The number of likely N-dealkylation sites (N-methyl/N-ethyl adjacent to an activating group) is 1. The molecule has 140 valence electrons. The van der Waals surface area contributed by atoms with Crippen LogP contribution in [0.25, 0.3) is 0 Å². The predicted molar refractivity (Wildman–Crippen MR) is 86.0 cm³/mol. The standard InChI is InChI=1S/C4H6N2O.C3H5N3O.2C2H4N4/c1-6-4(7)2-3-5-6;1-6-3(7)2-4-5-6;1-6-2-3-4-5-6;1-6-4-2-3-5-6/h3H,2H2,1H3;2H2,1H3;2*2H,1H3. The fraction of sp³-hybridized carbons (Fsp3) is 0.545. The molecular weight excluding hydrogens is 346 g/mol. The first-order valence-electron chi connectivity index (χ1n) is 7.17. The van der Waals surface area contributed by atoms with Crippen LogP contribution in [0.3, 0.4) is 0 Å². The number of hydrogen-bond donors (Lipinski definition) is 0. The van der Waals surface area contributed by atoms with Gasteiger partial charge in [-0.25, -0.2) is 14.7 Å². The Hall–Kier alpha value is -3.65. The summed E-state index contributed by atoms with van der Waals surface area (Å²) < 4.78 is 1.53. The number of hydrazone groups is 1. The molecule has 2 aliphatic heterocycles. The van der Waals surface area contributed by atoms with Crippen LogP contribution in [-0.2, 0) is 23.7 Å². The van der Waals surface area contributed by atoms with Crippen molar-refractivity contribution in [2.75, 3.05) is 20.6 Å². The van der Waals surface area contributed by atoms with E-state index in [1.165, 1.54) is 32.2 Å². The first-order valence-corrected chi connectivity index (χ1v) is 7.17. The molecule has 2 aromatic rings. The lowest BCUT2D eigenvalue weighted by Crippen LogP contribution is -2.16. The Morgan fingerprint density at radius 2 is 1.73 bits per heavy atom. The molecule has 0 fully saturated rings. The van der Waals surface area contributed by atoms with Gasteiger partial charge >= 0.3 is 0 Å². The van der Waals surface area contributed by atoms with Gasteiger partial charge in [0.25, 0.3) is 5.91 Å². The first-order chi connectivity index (χ1) is 12.4. The molecule has 4 heterocycles. The van der Waals surface area contributed by atoms with E-state index in [-0.39, 0.29) is 18.4 Å². The number of rotatable bonds is 0. The molecule has 0 bridgehead atoms. The lowest BCUT2D eigenvalue weighted by atomic mass is 10.5. The van der Waals surface area contributed by atoms with Gasteiger partial charge in [-0.2, -0.15) is 15.0 Å². The summed E-state index contributed by atoms with van der Waals surface area (Å²) in [5.41, 5.74) is 0. The Morgan fingerprint density at radius 3 is 1.88 bits per heavy atom.